The summed E-state index contributed by atoms with van der Waals surface area (Å²) < 4.78 is 5.51. The lowest BCUT2D eigenvalue weighted by Gasteiger charge is -2.36. The van der Waals surface area contributed by atoms with Crippen LogP contribution in [0.4, 0.5) is 0 Å². The average Bonchev–Trinajstić information content (AvgIpc) is 3.29. The summed E-state index contributed by atoms with van der Waals surface area (Å²) in [6.45, 7) is 5.16. The molecule has 1 saturated heterocycles. The van der Waals surface area contributed by atoms with Gasteiger partial charge in [-0.15, -0.1) is 0 Å². The van der Waals surface area contributed by atoms with E-state index >= 15 is 0 Å². The van der Waals surface area contributed by atoms with E-state index in [1.165, 1.54) is 5.56 Å². The second-order valence-electron chi connectivity index (χ2n) is 7.40. The van der Waals surface area contributed by atoms with E-state index in [1.807, 2.05) is 53.4 Å². The Balaban J connectivity index is 1.29. The minimum Gasteiger partial charge on any atom is -0.340 e. The van der Waals surface area contributed by atoms with Gasteiger partial charge in [-0.3, -0.25) is 9.69 Å². The standard InChI is InChI=1S/C23H26N4O2/c1-18(23-24-22(25-29-23)20-10-6-3-7-11-20)26-14-16-27(17-15-26)21(28)13-12-19-8-4-2-5-9-19/h2-11,18H,12-17H2,1H3. The molecule has 1 atom stereocenters. The lowest BCUT2D eigenvalue weighted by Crippen LogP contribution is -2.49. The second-order valence-corrected chi connectivity index (χ2v) is 7.40. The lowest BCUT2D eigenvalue weighted by atomic mass is 10.1. The third-order valence-corrected chi connectivity index (χ3v) is 5.52. The van der Waals surface area contributed by atoms with Crippen molar-refractivity contribution in [3.63, 3.8) is 0 Å². The number of piperazine rings is 1. The number of aromatic nitrogens is 2. The van der Waals surface area contributed by atoms with Gasteiger partial charge >= 0.3 is 0 Å². The van der Waals surface area contributed by atoms with E-state index in [4.69, 9.17) is 4.52 Å². The van der Waals surface area contributed by atoms with Gasteiger partial charge in [-0.25, -0.2) is 0 Å². The highest BCUT2D eigenvalue weighted by atomic mass is 16.5. The van der Waals surface area contributed by atoms with Crippen molar-refractivity contribution in [2.75, 3.05) is 26.2 Å². The molecule has 1 fully saturated rings. The summed E-state index contributed by atoms with van der Waals surface area (Å²) in [5, 5.41) is 4.12. The van der Waals surface area contributed by atoms with E-state index in [2.05, 4.69) is 34.1 Å². The fourth-order valence-corrected chi connectivity index (χ4v) is 3.68. The van der Waals surface area contributed by atoms with Crippen molar-refractivity contribution in [1.29, 1.82) is 0 Å². The zero-order valence-electron chi connectivity index (χ0n) is 16.7. The largest absolute Gasteiger partial charge is 0.340 e. The van der Waals surface area contributed by atoms with Crippen molar-refractivity contribution in [3.8, 4) is 11.4 Å². The molecule has 6 nitrogen and oxygen atoms in total. The van der Waals surface area contributed by atoms with Crippen LogP contribution >= 0.6 is 0 Å². The lowest BCUT2D eigenvalue weighted by molar-refractivity contribution is -0.133. The maximum absolute atomic E-state index is 12.5. The zero-order chi connectivity index (χ0) is 20.1. The third-order valence-electron chi connectivity index (χ3n) is 5.52. The number of benzene rings is 2. The Kier molecular flexibility index (Phi) is 6.00. The number of hydrogen-bond acceptors (Lipinski definition) is 5. The molecule has 0 bridgehead atoms. The molecule has 1 aliphatic heterocycles. The van der Waals surface area contributed by atoms with E-state index in [0.717, 1.165) is 38.2 Å². The topological polar surface area (TPSA) is 62.5 Å². The number of amides is 1. The molecule has 0 radical (unpaired) electrons. The summed E-state index contributed by atoms with van der Waals surface area (Å²) in [7, 11) is 0. The van der Waals surface area contributed by atoms with Gasteiger partial charge in [-0.05, 0) is 18.9 Å². The van der Waals surface area contributed by atoms with Crippen molar-refractivity contribution >= 4 is 5.91 Å². The van der Waals surface area contributed by atoms with Crippen molar-refractivity contribution in [3.05, 3.63) is 72.1 Å². The average molecular weight is 390 g/mol. The van der Waals surface area contributed by atoms with Crippen LogP contribution in [-0.4, -0.2) is 52.0 Å². The molecule has 3 aromatic rings. The first-order chi connectivity index (χ1) is 14.2. The number of nitrogens with zero attached hydrogens (tertiary/aromatic N) is 4. The van der Waals surface area contributed by atoms with Crippen LogP contribution in [0.15, 0.2) is 65.2 Å². The normalized spacial score (nSPS) is 16.0. The maximum atomic E-state index is 12.5. The fourth-order valence-electron chi connectivity index (χ4n) is 3.68. The summed E-state index contributed by atoms with van der Waals surface area (Å²) in [6.07, 6.45) is 1.35. The van der Waals surface area contributed by atoms with Gasteiger partial charge in [0.1, 0.15) is 0 Å². The Bertz CT molecular complexity index is 918. The molecule has 0 spiro atoms. The molecular formula is C23H26N4O2. The molecular weight excluding hydrogens is 364 g/mol. The van der Waals surface area contributed by atoms with Crippen LogP contribution in [0.5, 0.6) is 0 Å². The minimum absolute atomic E-state index is 0.0292. The van der Waals surface area contributed by atoms with Gasteiger partial charge in [-0.1, -0.05) is 65.8 Å². The molecule has 1 aromatic heterocycles. The first kappa shape index (κ1) is 19.3. The van der Waals surface area contributed by atoms with E-state index in [9.17, 15) is 4.79 Å². The van der Waals surface area contributed by atoms with Crippen LogP contribution in [0.2, 0.25) is 0 Å². The number of rotatable bonds is 6. The quantitative estimate of drug-likeness (QED) is 0.644. The van der Waals surface area contributed by atoms with Crippen LogP contribution < -0.4 is 0 Å². The van der Waals surface area contributed by atoms with Crippen LogP contribution in [-0.2, 0) is 11.2 Å². The summed E-state index contributed by atoms with van der Waals surface area (Å²) in [4.78, 5) is 21.4. The van der Waals surface area contributed by atoms with Crippen molar-refractivity contribution in [2.45, 2.75) is 25.8 Å². The van der Waals surface area contributed by atoms with Gasteiger partial charge in [0.25, 0.3) is 0 Å². The third kappa shape index (κ3) is 4.71. The molecule has 4 rings (SSSR count). The summed E-state index contributed by atoms with van der Waals surface area (Å²) in [6, 6.07) is 20.0. The second kappa shape index (κ2) is 9.01. The SMILES string of the molecule is CC(c1nc(-c2ccccc2)no1)N1CCN(C(=O)CCc2ccccc2)CC1. The minimum atomic E-state index is 0.0292. The monoisotopic (exact) mass is 390 g/mol. The number of hydrogen-bond donors (Lipinski definition) is 0. The summed E-state index contributed by atoms with van der Waals surface area (Å²) in [5.74, 6) is 1.46. The zero-order valence-corrected chi connectivity index (χ0v) is 16.7. The number of aryl methyl sites for hydroxylation is 1. The highest BCUT2D eigenvalue weighted by Gasteiger charge is 2.27. The molecule has 1 aliphatic rings. The number of carbonyl (C=O) groups is 1. The molecule has 1 unspecified atom stereocenters. The Hall–Kier alpha value is -2.99. The van der Waals surface area contributed by atoms with Crippen LogP contribution in [0, 0.1) is 0 Å². The Morgan fingerprint density at radius 2 is 1.66 bits per heavy atom. The van der Waals surface area contributed by atoms with E-state index < -0.39 is 0 Å². The highest BCUT2D eigenvalue weighted by Crippen LogP contribution is 2.23. The predicted molar refractivity (Wildman–Crippen MR) is 111 cm³/mol. The van der Waals surface area contributed by atoms with Crippen molar-refractivity contribution in [2.24, 2.45) is 0 Å². The first-order valence-corrected chi connectivity index (χ1v) is 10.2. The molecule has 6 heteroatoms. The summed E-state index contributed by atoms with van der Waals surface area (Å²) in [5.41, 5.74) is 2.15. The maximum Gasteiger partial charge on any atom is 0.244 e. The van der Waals surface area contributed by atoms with Gasteiger partial charge in [0, 0.05) is 38.2 Å². The van der Waals surface area contributed by atoms with Crippen molar-refractivity contribution in [1.82, 2.24) is 19.9 Å². The predicted octanol–water partition coefficient (Wildman–Crippen LogP) is 3.57. The summed E-state index contributed by atoms with van der Waals surface area (Å²) >= 11 is 0. The fraction of sp³-hybridized carbons (Fsp3) is 0.348. The van der Waals surface area contributed by atoms with Gasteiger partial charge in [0.2, 0.25) is 17.6 Å². The molecule has 0 N–H and O–H groups in total. The molecule has 2 heterocycles. The first-order valence-electron chi connectivity index (χ1n) is 10.2. The molecule has 150 valence electrons. The highest BCUT2D eigenvalue weighted by molar-refractivity contribution is 5.76. The Morgan fingerprint density at radius 1 is 1.00 bits per heavy atom. The van der Waals surface area contributed by atoms with E-state index in [1.54, 1.807) is 0 Å². The molecule has 1 amide bonds. The van der Waals surface area contributed by atoms with E-state index in [0.29, 0.717) is 18.1 Å². The van der Waals surface area contributed by atoms with Gasteiger partial charge in [0.15, 0.2) is 0 Å². The molecule has 0 aliphatic carbocycles. The smallest absolute Gasteiger partial charge is 0.244 e. The Morgan fingerprint density at radius 3 is 2.34 bits per heavy atom. The van der Waals surface area contributed by atoms with Crippen LogP contribution in [0.25, 0.3) is 11.4 Å². The van der Waals surface area contributed by atoms with Crippen LogP contribution in [0.3, 0.4) is 0 Å². The molecule has 0 saturated carbocycles. The van der Waals surface area contributed by atoms with Crippen LogP contribution in [0.1, 0.15) is 30.8 Å². The molecule has 2 aromatic carbocycles. The van der Waals surface area contributed by atoms with Gasteiger partial charge in [-0.2, -0.15) is 4.98 Å². The van der Waals surface area contributed by atoms with Gasteiger partial charge in [0.05, 0.1) is 6.04 Å². The van der Waals surface area contributed by atoms with E-state index in [-0.39, 0.29) is 11.9 Å². The number of carbonyl (C=O) groups excluding carboxylic acids is 1. The van der Waals surface area contributed by atoms with Crippen molar-refractivity contribution < 1.29 is 9.32 Å². The Labute approximate surface area is 171 Å². The molecule has 29 heavy (non-hydrogen) atoms. The van der Waals surface area contributed by atoms with Gasteiger partial charge < -0.3 is 9.42 Å².